The molecule has 33 heavy (non-hydrogen) atoms. The number of hydrogen-bond donors (Lipinski definition) is 2. The highest BCUT2D eigenvalue weighted by Crippen LogP contribution is 2.23. The highest BCUT2D eigenvalue weighted by Gasteiger charge is 2.17. The maximum Gasteiger partial charge on any atom is 0.411 e. The van der Waals surface area contributed by atoms with Gasteiger partial charge in [-0.3, -0.25) is 15.6 Å². The van der Waals surface area contributed by atoms with Crippen LogP contribution in [0.25, 0.3) is 0 Å². The van der Waals surface area contributed by atoms with Crippen molar-refractivity contribution in [3.63, 3.8) is 0 Å². The van der Waals surface area contributed by atoms with Crippen LogP contribution in [0.1, 0.15) is 66.2 Å². The highest BCUT2D eigenvalue weighted by molar-refractivity contribution is 5.75. The molecule has 0 aromatic heterocycles. The van der Waals surface area contributed by atoms with Crippen molar-refractivity contribution in [2.24, 2.45) is 10.9 Å². The fraction of sp³-hybridized carbons (Fsp3) is 0.538. The highest BCUT2D eigenvalue weighted by atomic mass is 16.6. The van der Waals surface area contributed by atoms with E-state index in [0.717, 1.165) is 11.3 Å². The van der Waals surface area contributed by atoms with Gasteiger partial charge in [0.05, 0.1) is 26.0 Å². The van der Waals surface area contributed by atoms with Gasteiger partial charge in [0.1, 0.15) is 12.0 Å². The molecule has 0 bridgehead atoms. The molecule has 1 heterocycles. The normalized spacial score (nSPS) is 21.9. The SMILES string of the molecule is C/C1=C\C=N/CN[C@H](c2cccc(OCC(C)C)c2)O[C@H](C)CCOC(=O)N1.C=C.CCC. The lowest BCUT2D eigenvalue weighted by molar-refractivity contribution is -0.0328. The first-order chi connectivity index (χ1) is 15.8. The summed E-state index contributed by atoms with van der Waals surface area (Å²) in [5, 5.41) is 5.95. The zero-order valence-electron chi connectivity index (χ0n) is 21.2. The van der Waals surface area contributed by atoms with E-state index in [1.807, 2.05) is 31.2 Å². The monoisotopic (exact) mass is 461 g/mol. The van der Waals surface area contributed by atoms with Gasteiger partial charge in [-0.1, -0.05) is 46.2 Å². The standard InChI is InChI=1S/C21H31N3O4.C3H8.C2H4/c1-15(2)13-27-19-7-5-6-18(12-19)20-23-14-22-10-8-16(3)24-21(25)26-11-9-17(4)28-20;1-3-2;1-2/h5-8,10,12,15,17,20,23H,9,11,13-14H2,1-4H3,(H,24,25);3H2,1-2H3;1-2H2/b16-8+,22-10-;;/t17-,20+;;/m1../s1. The van der Waals surface area contributed by atoms with E-state index in [9.17, 15) is 4.79 Å². The van der Waals surface area contributed by atoms with Gasteiger partial charge < -0.3 is 14.2 Å². The minimum Gasteiger partial charge on any atom is -0.493 e. The third-order valence-electron chi connectivity index (χ3n) is 3.97. The molecule has 0 radical (unpaired) electrons. The predicted molar refractivity (Wildman–Crippen MR) is 137 cm³/mol. The average molecular weight is 462 g/mol. The zero-order valence-corrected chi connectivity index (χ0v) is 21.2. The second-order valence-electron chi connectivity index (χ2n) is 7.90. The Balaban J connectivity index is 0.00000189. The quantitative estimate of drug-likeness (QED) is 0.538. The van der Waals surface area contributed by atoms with Gasteiger partial charge in [-0.2, -0.15) is 0 Å². The van der Waals surface area contributed by atoms with Crippen LogP contribution in [0.2, 0.25) is 0 Å². The fourth-order valence-corrected chi connectivity index (χ4v) is 2.48. The van der Waals surface area contributed by atoms with Crippen molar-refractivity contribution in [3.8, 4) is 5.75 Å². The molecule has 2 N–H and O–H groups in total. The van der Waals surface area contributed by atoms with Crippen LogP contribution in [0.3, 0.4) is 0 Å². The van der Waals surface area contributed by atoms with Gasteiger partial charge in [0.2, 0.25) is 0 Å². The molecule has 0 saturated carbocycles. The van der Waals surface area contributed by atoms with Crippen LogP contribution in [-0.2, 0) is 9.47 Å². The third-order valence-corrected chi connectivity index (χ3v) is 3.97. The zero-order chi connectivity index (χ0) is 25.1. The third kappa shape index (κ3) is 14.9. The summed E-state index contributed by atoms with van der Waals surface area (Å²) in [6, 6.07) is 7.87. The first-order valence-electron chi connectivity index (χ1n) is 11.6. The Morgan fingerprint density at radius 2 is 1.97 bits per heavy atom. The van der Waals surface area contributed by atoms with E-state index in [2.05, 4.69) is 56.5 Å². The van der Waals surface area contributed by atoms with Crippen molar-refractivity contribution < 1.29 is 19.0 Å². The molecule has 186 valence electrons. The van der Waals surface area contributed by atoms with Crippen molar-refractivity contribution in [1.29, 1.82) is 0 Å². The van der Waals surface area contributed by atoms with Crippen molar-refractivity contribution in [2.75, 3.05) is 19.9 Å². The van der Waals surface area contributed by atoms with Gasteiger partial charge in [0.25, 0.3) is 0 Å². The first-order valence-corrected chi connectivity index (χ1v) is 11.6. The van der Waals surface area contributed by atoms with E-state index in [0.29, 0.717) is 31.3 Å². The number of amides is 1. The van der Waals surface area contributed by atoms with E-state index in [4.69, 9.17) is 14.2 Å². The fourth-order valence-electron chi connectivity index (χ4n) is 2.48. The second kappa shape index (κ2) is 18.9. The number of rotatable bonds is 4. The van der Waals surface area contributed by atoms with Crippen LogP contribution in [-0.4, -0.2) is 38.3 Å². The van der Waals surface area contributed by atoms with Gasteiger partial charge in [-0.15, -0.1) is 13.2 Å². The maximum absolute atomic E-state index is 11.7. The molecule has 0 aliphatic carbocycles. The number of aliphatic imine (C=N–C) groups is 1. The molecule has 0 fully saturated rings. The number of ether oxygens (including phenoxy) is 3. The van der Waals surface area contributed by atoms with Crippen LogP contribution >= 0.6 is 0 Å². The number of nitrogens with zero attached hydrogens (tertiary/aromatic N) is 1. The summed E-state index contributed by atoms with van der Waals surface area (Å²) in [7, 11) is 0. The van der Waals surface area contributed by atoms with E-state index in [1.54, 1.807) is 19.2 Å². The van der Waals surface area contributed by atoms with Gasteiger partial charge in [0.15, 0.2) is 0 Å². The summed E-state index contributed by atoms with van der Waals surface area (Å²) in [5.41, 5.74) is 1.63. The van der Waals surface area contributed by atoms with E-state index >= 15 is 0 Å². The molecule has 1 aromatic carbocycles. The van der Waals surface area contributed by atoms with Crippen LogP contribution in [0.15, 0.2) is 54.2 Å². The Bertz CT molecular complexity index is 719. The van der Waals surface area contributed by atoms with Crippen molar-refractivity contribution in [2.45, 2.75) is 66.7 Å². The molecule has 1 amide bonds. The smallest absolute Gasteiger partial charge is 0.411 e. The number of allylic oxidation sites excluding steroid dienone is 2. The van der Waals surface area contributed by atoms with E-state index in [-0.39, 0.29) is 18.9 Å². The molecule has 0 saturated heterocycles. The summed E-state index contributed by atoms with van der Waals surface area (Å²) >= 11 is 0. The Morgan fingerprint density at radius 1 is 1.27 bits per heavy atom. The van der Waals surface area contributed by atoms with Crippen molar-refractivity contribution >= 4 is 12.3 Å². The lowest BCUT2D eigenvalue weighted by Gasteiger charge is -2.24. The van der Waals surface area contributed by atoms with Gasteiger partial charge >= 0.3 is 6.09 Å². The van der Waals surface area contributed by atoms with Crippen LogP contribution in [0.5, 0.6) is 5.75 Å². The van der Waals surface area contributed by atoms with E-state index < -0.39 is 6.09 Å². The second-order valence-corrected chi connectivity index (χ2v) is 7.90. The number of benzene rings is 1. The van der Waals surface area contributed by atoms with Crippen molar-refractivity contribution in [1.82, 2.24) is 10.6 Å². The number of nitrogens with one attached hydrogen (secondary N) is 2. The molecule has 1 aliphatic heterocycles. The first kappa shape index (κ1) is 30.4. The Morgan fingerprint density at radius 3 is 2.64 bits per heavy atom. The molecule has 2 atom stereocenters. The number of carbonyl (C=O) groups is 1. The number of hydrogen-bond acceptors (Lipinski definition) is 6. The molecular formula is C26H43N3O4. The maximum atomic E-state index is 11.7. The number of alkyl carbamates (subject to hydrolysis) is 1. The number of carbonyl (C=O) groups excluding carboxylic acids is 1. The number of cyclic esters (lactones) is 1. The molecule has 7 heteroatoms. The summed E-state index contributed by atoms with van der Waals surface area (Å²) in [5.74, 6) is 1.26. The Labute approximate surface area is 200 Å². The summed E-state index contributed by atoms with van der Waals surface area (Å²) in [6.07, 6.45) is 4.24. The minimum absolute atomic E-state index is 0.117. The molecule has 1 aliphatic rings. The Kier molecular flexibility index (Phi) is 17.4. The molecule has 0 unspecified atom stereocenters. The Hall–Kier alpha value is -2.64. The average Bonchev–Trinajstić information content (AvgIpc) is 2.78. The summed E-state index contributed by atoms with van der Waals surface area (Å²) in [6.45, 7) is 19.5. The van der Waals surface area contributed by atoms with E-state index in [1.165, 1.54) is 6.42 Å². The lowest BCUT2D eigenvalue weighted by Crippen LogP contribution is -2.29. The van der Waals surface area contributed by atoms with Gasteiger partial charge in [-0.25, -0.2) is 4.79 Å². The van der Waals surface area contributed by atoms with Gasteiger partial charge in [-0.05, 0) is 43.5 Å². The molecular weight excluding hydrogens is 418 g/mol. The van der Waals surface area contributed by atoms with Gasteiger partial charge in [0, 0.05) is 18.3 Å². The molecule has 7 nitrogen and oxygen atoms in total. The topological polar surface area (TPSA) is 81.2 Å². The largest absolute Gasteiger partial charge is 0.493 e. The summed E-state index contributed by atoms with van der Waals surface area (Å²) < 4.78 is 17.2. The van der Waals surface area contributed by atoms with Crippen LogP contribution < -0.4 is 15.4 Å². The van der Waals surface area contributed by atoms with Crippen LogP contribution in [0.4, 0.5) is 4.79 Å². The molecule has 2 rings (SSSR count). The molecule has 0 spiro atoms. The minimum atomic E-state index is -0.476. The van der Waals surface area contributed by atoms with Crippen molar-refractivity contribution in [3.05, 3.63) is 54.8 Å². The molecule has 1 aromatic rings. The van der Waals surface area contributed by atoms with Crippen LogP contribution in [0, 0.1) is 5.92 Å². The lowest BCUT2D eigenvalue weighted by atomic mass is 10.1. The predicted octanol–water partition coefficient (Wildman–Crippen LogP) is 6.00. The summed E-state index contributed by atoms with van der Waals surface area (Å²) in [4.78, 5) is 16.0.